The molecule has 0 bridgehead atoms. The Hall–Kier alpha value is -1.16. The van der Waals surface area contributed by atoms with Crippen molar-refractivity contribution in [2.45, 2.75) is 101 Å². The van der Waals surface area contributed by atoms with Crippen molar-refractivity contribution in [2.24, 2.45) is 13.0 Å². The normalized spacial score (nSPS) is 21.2. The van der Waals surface area contributed by atoms with E-state index in [-0.39, 0.29) is 34.3 Å². The fraction of sp³-hybridized carbons (Fsp3) is 0.792. The Labute approximate surface area is 232 Å². The van der Waals surface area contributed by atoms with Crippen LogP contribution in [-0.2, 0) is 25.8 Å². The van der Waals surface area contributed by atoms with Gasteiger partial charge in [0.15, 0.2) is 8.32 Å². The second-order valence-corrected chi connectivity index (χ2v) is 25.2. The second-order valence-electron chi connectivity index (χ2n) is 12.6. The maximum absolute atomic E-state index is 13.4. The van der Waals surface area contributed by atoms with E-state index in [9.17, 15) is 9.59 Å². The van der Waals surface area contributed by atoms with Crippen molar-refractivity contribution in [1.82, 2.24) is 25.1 Å². The zero-order valence-corrected chi connectivity index (χ0v) is 27.6. The van der Waals surface area contributed by atoms with E-state index >= 15 is 0 Å². The molecule has 0 unspecified atom stereocenters. The molecule has 3 atom stereocenters. The van der Waals surface area contributed by atoms with Crippen LogP contribution in [0, 0.1) is 5.92 Å². The Morgan fingerprint density at radius 3 is 2.46 bits per heavy atom. The Balaban J connectivity index is 1.71. The molecule has 3 rings (SSSR count). The number of hydrogen-bond donors (Lipinski definition) is 0. The lowest BCUT2D eigenvalue weighted by Crippen LogP contribution is -2.62. The minimum Gasteiger partial charge on any atom is -0.461 e. The van der Waals surface area contributed by atoms with Crippen LogP contribution >= 0.6 is 23.5 Å². The summed E-state index contributed by atoms with van der Waals surface area (Å²) >= 11 is 3.22. The van der Waals surface area contributed by atoms with Gasteiger partial charge in [0.25, 0.3) is 0 Å². The zero-order valence-electron chi connectivity index (χ0n) is 24.0. The quantitative estimate of drug-likeness (QED) is 0.109. The number of tetrazole rings is 1. The number of allylic oxidation sites excluding steroid dienone is 1. The summed E-state index contributed by atoms with van der Waals surface area (Å²) in [5, 5.41) is 12.3. The smallest absolute Gasteiger partial charge is 0.355 e. The summed E-state index contributed by atoms with van der Waals surface area (Å²) in [6.45, 7) is 20.2. The number of hydrogen-bond acceptors (Lipinski definition) is 9. The molecule has 9 nitrogen and oxygen atoms in total. The first-order valence-corrected chi connectivity index (χ1v) is 21.4. The fourth-order valence-electron chi connectivity index (χ4n) is 3.98. The molecular formula is C24H43N5O4S2Si2. The average molecular weight is 586 g/mol. The molecule has 2 aliphatic rings. The van der Waals surface area contributed by atoms with Crippen LogP contribution in [0.25, 0.3) is 0 Å². The largest absolute Gasteiger partial charge is 0.461 e. The monoisotopic (exact) mass is 585 g/mol. The number of esters is 1. The summed E-state index contributed by atoms with van der Waals surface area (Å²) in [7, 11) is -1.57. The molecule has 2 aliphatic heterocycles. The topological polar surface area (TPSA) is 99.4 Å². The maximum Gasteiger partial charge on any atom is 0.355 e. The molecule has 0 saturated carbocycles. The highest BCUT2D eigenvalue weighted by Gasteiger charge is 2.59. The van der Waals surface area contributed by atoms with E-state index in [2.05, 4.69) is 69.0 Å². The number of β-lactam (4-membered cyclic amide) rings is 1. The molecule has 208 valence electrons. The second kappa shape index (κ2) is 11.5. The first kappa shape index (κ1) is 30.4. The molecule has 1 aromatic rings. The van der Waals surface area contributed by atoms with Crippen LogP contribution in [-0.4, -0.2) is 77.2 Å². The van der Waals surface area contributed by atoms with Crippen molar-refractivity contribution < 1.29 is 18.8 Å². The highest BCUT2D eigenvalue weighted by molar-refractivity contribution is 8.04. The molecule has 1 fully saturated rings. The maximum atomic E-state index is 13.4. The van der Waals surface area contributed by atoms with Crippen LogP contribution in [0.2, 0.25) is 43.8 Å². The highest BCUT2D eigenvalue weighted by Crippen LogP contribution is 2.53. The van der Waals surface area contributed by atoms with Crippen molar-refractivity contribution in [3.05, 3.63) is 10.6 Å². The van der Waals surface area contributed by atoms with Crippen molar-refractivity contribution in [3.63, 3.8) is 0 Å². The first-order valence-electron chi connectivity index (χ1n) is 13.0. The SMILES string of the molecule is C[C@@H](O[Si](C)(C)C(C)(C)C)[C@H]1C(=O)N2C(C(=O)OCC[Si](C)(C)C)=C(CCCSc3nnnn3C)S[C@H]12. The molecular weight excluding hydrogens is 543 g/mol. The molecule has 0 spiro atoms. The van der Waals surface area contributed by atoms with Gasteiger partial charge in [-0.05, 0) is 54.4 Å². The zero-order chi connectivity index (χ0) is 27.8. The van der Waals surface area contributed by atoms with E-state index in [0.717, 1.165) is 28.3 Å². The standard InChI is InChI=1S/C24H43N5O4S2Si2/c1-16(33-37(9,10)24(2,3)4)18-20(30)29-19(22(31)32-13-15-36(6,7)8)17(35-21(18)29)12-11-14-34-23-25-26-27-28(23)5/h16,18,21H,11-15H2,1-10H3/t16-,18+,21-/m1/s1. The van der Waals surface area contributed by atoms with Gasteiger partial charge in [0.1, 0.15) is 11.1 Å². The van der Waals surface area contributed by atoms with Gasteiger partial charge in [-0.25, -0.2) is 9.48 Å². The van der Waals surface area contributed by atoms with E-state index < -0.39 is 16.4 Å². The lowest BCUT2D eigenvalue weighted by atomic mass is 9.92. The van der Waals surface area contributed by atoms with Crippen molar-refractivity contribution in [2.75, 3.05) is 12.4 Å². The van der Waals surface area contributed by atoms with E-state index in [1.54, 1.807) is 33.1 Å². The molecule has 0 radical (unpaired) electrons. The third-order valence-electron chi connectivity index (χ3n) is 7.28. The Morgan fingerprint density at radius 1 is 1.22 bits per heavy atom. The van der Waals surface area contributed by atoms with Gasteiger partial charge >= 0.3 is 5.97 Å². The van der Waals surface area contributed by atoms with Gasteiger partial charge in [-0.15, -0.1) is 16.9 Å². The average Bonchev–Trinajstić information content (AvgIpc) is 3.29. The summed E-state index contributed by atoms with van der Waals surface area (Å²) in [5.41, 5.74) is 0.441. The predicted molar refractivity (Wildman–Crippen MR) is 154 cm³/mol. The number of fused-ring (bicyclic) bond motifs is 1. The van der Waals surface area contributed by atoms with E-state index in [1.807, 2.05) is 14.0 Å². The molecule has 3 heterocycles. The molecule has 0 aromatic carbocycles. The number of rotatable bonds is 12. The number of aryl methyl sites for hydroxylation is 1. The Morgan fingerprint density at radius 2 is 1.89 bits per heavy atom. The number of carbonyl (C=O) groups is 2. The number of ether oxygens (including phenoxy) is 1. The number of aromatic nitrogens is 4. The number of amides is 1. The minimum atomic E-state index is -2.04. The molecule has 1 saturated heterocycles. The van der Waals surface area contributed by atoms with Gasteiger partial charge in [0.05, 0.1) is 18.6 Å². The van der Waals surface area contributed by atoms with Crippen LogP contribution in [0.1, 0.15) is 40.5 Å². The van der Waals surface area contributed by atoms with Gasteiger partial charge < -0.3 is 9.16 Å². The number of thioether (sulfide) groups is 2. The highest BCUT2D eigenvalue weighted by atomic mass is 32.2. The summed E-state index contributed by atoms with van der Waals surface area (Å²) in [6.07, 6.45) is 1.33. The number of carbonyl (C=O) groups excluding carboxylic acids is 2. The van der Waals surface area contributed by atoms with Crippen LogP contribution < -0.4 is 0 Å². The van der Waals surface area contributed by atoms with E-state index in [1.165, 1.54) is 0 Å². The summed E-state index contributed by atoms with van der Waals surface area (Å²) in [6, 6.07) is 0.897. The van der Waals surface area contributed by atoms with Crippen molar-refractivity contribution in [3.8, 4) is 0 Å². The molecule has 1 amide bonds. The van der Waals surface area contributed by atoms with Crippen molar-refractivity contribution in [1.29, 1.82) is 0 Å². The lowest BCUT2D eigenvalue weighted by Gasteiger charge is -2.48. The first-order chi connectivity index (χ1) is 17.0. The van der Waals surface area contributed by atoms with Crippen LogP contribution in [0.4, 0.5) is 0 Å². The number of nitrogens with zero attached hydrogens (tertiary/aromatic N) is 5. The van der Waals surface area contributed by atoms with Gasteiger partial charge in [0.2, 0.25) is 11.1 Å². The molecule has 37 heavy (non-hydrogen) atoms. The summed E-state index contributed by atoms with van der Waals surface area (Å²) in [5.74, 6) is 0.137. The van der Waals surface area contributed by atoms with Crippen LogP contribution in [0.5, 0.6) is 0 Å². The summed E-state index contributed by atoms with van der Waals surface area (Å²) in [4.78, 5) is 29.3. The van der Waals surface area contributed by atoms with Crippen LogP contribution in [0.15, 0.2) is 15.8 Å². The van der Waals surface area contributed by atoms with Crippen molar-refractivity contribution >= 4 is 51.8 Å². The minimum absolute atomic E-state index is 0.0320. The molecule has 0 aliphatic carbocycles. The molecule has 13 heteroatoms. The Bertz CT molecular complexity index is 1040. The summed E-state index contributed by atoms with van der Waals surface area (Å²) < 4.78 is 13.9. The Kier molecular flexibility index (Phi) is 9.47. The predicted octanol–water partition coefficient (Wildman–Crippen LogP) is 5.12. The van der Waals surface area contributed by atoms with Gasteiger partial charge in [-0.3, -0.25) is 9.69 Å². The molecule has 1 aromatic heterocycles. The lowest BCUT2D eigenvalue weighted by molar-refractivity contribution is -0.157. The molecule has 0 N–H and O–H groups in total. The van der Waals surface area contributed by atoms with E-state index in [4.69, 9.17) is 9.16 Å². The van der Waals surface area contributed by atoms with E-state index in [0.29, 0.717) is 18.7 Å². The van der Waals surface area contributed by atoms with Crippen LogP contribution in [0.3, 0.4) is 0 Å². The van der Waals surface area contributed by atoms with Gasteiger partial charge in [-0.2, -0.15) is 0 Å². The third-order valence-corrected chi connectivity index (χ3v) is 16.1. The van der Waals surface area contributed by atoms with Gasteiger partial charge in [-0.1, -0.05) is 52.2 Å². The third kappa shape index (κ3) is 7.08. The van der Waals surface area contributed by atoms with Gasteiger partial charge in [0, 0.05) is 25.8 Å². The fourth-order valence-corrected chi connectivity index (χ4v) is 8.56.